The van der Waals surface area contributed by atoms with Gasteiger partial charge in [-0.15, -0.1) is 12.4 Å². The van der Waals surface area contributed by atoms with Crippen LogP contribution in [0.1, 0.15) is 24.0 Å². The first kappa shape index (κ1) is 16.1. The van der Waals surface area contributed by atoms with E-state index in [4.69, 9.17) is 10.5 Å². The maximum absolute atomic E-state index is 5.81. The summed E-state index contributed by atoms with van der Waals surface area (Å²) in [7, 11) is 0. The largest absolute Gasteiger partial charge is 0.493 e. The summed E-state index contributed by atoms with van der Waals surface area (Å²) >= 11 is 3.61. The molecule has 1 aromatic rings. The summed E-state index contributed by atoms with van der Waals surface area (Å²) in [5.74, 6) is 1.79. The summed E-state index contributed by atoms with van der Waals surface area (Å²) in [6, 6.07) is 4.39. The third kappa shape index (κ3) is 3.48. The van der Waals surface area contributed by atoms with Gasteiger partial charge in [0.25, 0.3) is 0 Å². The van der Waals surface area contributed by atoms with Gasteiger partial charge in [-0.05, 0) is 49.5 Å². The van der Waals surface area contributed by atoms with Gasteiger partial charge in [-0.25, -0.2) is 0 Å². The Hall–Kier alpha value is -0.290. The number of ether oxygens (including phenoxy) is 1. The molecule has 2 aliphatic rings. The van der Waals surface area contributed by atoms with Gasteiger partial charge in [-0.1, -0.05) is 15.9 Å². The minimum atomic E-state index is 0. The number of hydrogen-bond acceptors (Lipinski definition) is 3. The third-order valence-corrected chi connectivity index (χ3v) is 4.61. The quantitative estimate of drug-likeness (QED) is 0.899. The zero-order chi connectivity index (χ0) is 13.2. The van der Waals surface area contributed by atoms with Crippen LogP contribution in [0.3, 0.4) is 0 Å². The molecule has 2 heterocycles. The Morgan fingerprint density at radius 1 is 1.40 bits per heavy atom. The first-order valence-corrected chi connectivity index (χ1v) is 7.92. The fourth-order valence-corrected chi connectivity index (χ4v) is 3.74. The average Bonchev–Trinajstić information content (AvgIpc) is 2.87. The van der Waals surface area contributed by atoms with Gasteiger partial charge in [0.1, 0.15) is 5.75 Å². The third-order valence-electron chi connectivity index (χ3n) is 4.16. The maximum atomic E-state index is 5.81. The minimum absolute atomic E-state index is 0. The smallest absolute Gasteiger partial charge is 0.127 e. The lowest BCUT2D eigenvalue weighted by Gasteiger charge is -2.32. The van der Waals surface area contributed by atoms with Crippen LogP contribution in [-0.2, 0) is 13.0 Å². The number of hydrogen-bond donors (Lipinski definition) is 1. The van der Waals surface area contributed by atoms with E-state index in [-0.39, 0.29) is 12.4 Å². The molecule has 0 aromatic heterocycles. The predicted molar refractivity (Wildman–Crippen MR) is 87.6 cm³/mol. The van der Waals surface area contributed by atoms with E-state index in [1.54, 1.807) is 0 Å². The van der Waals surface area contributed by atoms with E-state index in [0.29, 0.717) is 5.92 Å². The van der Waals surface area contributed by atoms with Crippen LogP contribution in [-0.4, -0.2) is 31.1 Å². The summed E-state index contributed by atoms with van der Waals surface area (Å²) in [5, 5.41) is 0. The van der Waals surface area contributed by atoms with Crippen molar-refractivity contribution in [3.8, 4) is 5.75 Å². The van der Waals surface area contributed by atoms with Gasteiger partial charge in [-0.3, -0.25) is 4.90 Å². The first-order valence-electron chi connectivity index (χ1n) is 7.13. The number of fused-ring (bicyclic) bond motifs is 1. The fraction of sp³-hybridized carbons (Fsp3) is 0.600. The van der Waals surface area contributed by atoms with Crippen molar-refractivity contribution in [1.29, 1.82) is 0 Å². The zero-order valence-electron chi connectivity index (χ0n) is 11.6. The number of nitrogens with two attached hydrogens (primary N) is 1. The van der Waals surface area contributed by atoms with Crippen molar-refractivity contribution in [1.82, 2.24) is 4.90 Å². The van der Waals surface area contributed by atoms with Crippen LogP contribution >= 0.6 is 28.3 Å². The summed E-state index contributed by atoms with van der Waals surface area (Å²) in [6.45, 7) is 4.92. The van der Waals surface area contributed by atoms with Crippen molar-refractivity contribution in [3.05, 3.63) is 27.7 Å². The topological polar surface area (TPSA) is 38.5 Å². The Bertz CT molecular complexity index is 469. The highest BCUT2D eigenvalue weighted by Gasteiger charge is 2.22. The van der Waals surface area contributed by atoms with Crippen molar-refractivity contribution >= 4 is 28.3 Å². The second-order valence-electron chi connectivity index (χ2n) is 5.63. The average molecular weight is 362 g/mol. The number of halogens is 2. The van der Waals surface area contributed by atoms with Crippen molar-refractivity contribution in [2.75, 3.05) is 26.2 Å². The van der Waals surface area contributed by atoms with Gasteiger partial charge in [0.15, 0.2) is 0 Å². The molecule has 0 radical (unpaired) electrons. The van der Waals surface area contributed by atoms with E-state index in [1.807, 2.05) is 0 Å². The van der Waals surface area contributed by atoms with Crippen LogP contribution in [0.2, 0.25) is 0 Å². The van der Waals surface area contributed by atoms with Crippen molar-refractivity contribution < 1.29 is 4.74 Å². The van der Waals surface area contributed by atoms with Crippen LogP contribution in [0.15, 0.2) is 16.6 Å². The van der Waals surface area contributed by atoms with E-state index < -0.39 is 0 Å². The minimum Gasteiger partial charge on any atom is -0.493 e. The molecule has 2 aliphatic heterocycles. The molecule has 20 heavy (non-hydrogen) atoms. The molecule has 1 saturated heterocycles. The molecule has 0 amide bonds. The molecule has 0 bridgehead atoms. The Kier molecular flexibility index (Phi) is 5.73. The Balaban J connectivity index is 0.00000147. The Morgan fingerprint density at radius 2 is 2.25 bits per heavy atom. The molecule has 112 valence electrons. The van der Waals surface area contributed by atoms with Crippen molar-refractivity contribution in [3.63, 3.8) is 0 Å². The summed E-state index contributed by atoms with van der Waals surface area (Å²) < 4.78 is 6.97. The monoisotopic (exact) mass is 360 g/mol. The molecule has 3 nitrogen and oxygen atoms in total. The molecule has 2 N–H and O–H groups in total. The van der Waals surface area contributed by atoms with Crippen LogP contribution in [0.4, 0.5) is 0 Å². The molecule has 1 atom stereocenters. The molecular weight excluding hydrogens is 340 g/mol. The molecule has 1 fully saturated rings. The van der Waals surface area contributed by atoms with Gasteiger partial charge >= 0.3 is 0 Å². The number of rotatable bonds is 3. The van der Waals surface area contributed by atoms with Gasteiger partial charge < -0.3 is 10.5 Å². The van der Waals surface area contributed by atoms with Crippen LogP contribution in [0, 0.1) is 5.92 Å². The first-order chi connectivity index (χ1) is 9.26. The van der Waals surface area contributed by atoms with E-state index in [9.17, 15) is 0 Å². The standard InChI is InChI=1S/C15H21BrN2O.ClH/c16-14-6-12-3-5-19-15(12)13(7-14)10-18-4-1-2-11(8-17)9-18;/h6-7,11H,1-5,8-10,17H2;1H. The SMILES string of the molecule is Cl.NCC1CCCN(Cc2cc(Br)cc3c2OCC3)C1. The lowest BCUT2D eigenvalue weighted by molar-refractivity contribution is 0.169. The number of benzene rings is 1. The van der Waals surface area contributed by atoms with Gasteiger partial charge in [0, 0.05) is 29.5 Å². The molecule has 0 aliphatic carbocycles. The molecule has 0 spiro atoms. The van der Waals surface area contributed by atoms with Gasteiger partial charge in [0.05, 0.1) is 6.61 Å². The van der Waals surface area contributed by atoms with E-state index in [1.165, 1.54) is 35.0 Å². The lowest BCUT2D eigenvalue weighted by atomic mass is 9.97. The van der Waals surface area contributed by atoms with Crippen LogP contribution in [0.5, 0.6) is 5.75 Å². The predicted octanol–water partition coefficient (Wildman–Crippen LogP) is 2.98. The summed E-state index contributed by atoms with van der Waals surface area (Å²) in [6.07, 6.45) is 3.58. The maximum Gasteiger partial charge on any atom is 0.127 e. The molecule has 3 rings (SSSR count). The highest BCUT2D eigenvalue weighted by molar-refractivity contribution is 9.10. The van der Waals surface area contributed by atoms with E-state index in [0.717, 1.165) is 38.4 Å². The molecular formula is C15H22BrClN2O. The second-order valence-corrected chi connectivity index (χ2v) is 6.55. The summed E-state index contributed by atoms with van der Waals surface area (Å²) in [4.78, 5) is 2.52. The number of piperidine rings is 1. The van der Waals surface area contributed by atoms with Crippen molar-refractivity contribution in [2.24, 2.45) is 11.7 Å². The highest BCUT2D eigenvalue weighted by Crippen LogP contribution is 2.34. The fourth-order valence-electron chi connectivity index (χ4n) is 3.19. The lowest BCUT2D eigenvalue weighted by Crippen LogP contribution is -2.37. The molecule has 5 heteroatoms. The van der Waals surface area contributed by atoms with Gasteiger partial charge in [0.2, 0.25) is 0 Å². The molecule has 0 saturated carbocycles. The number of likely N-dealkylation sites (tertiary alicyclic amines) is 1. The van der Waals surface area contributed by atoms with Crippen molar-refractivity contribution in [2.45, 2.75) is 25.8 Å². The molecule has 1 aromatic carbocycles. The van der Waals surface area contributed by atoms with E-state index in [2.05, 4.69) is 33.0 Å². The zero-order valence-corrected chi connectivity index (χ0v) is 14.0. The Labute approximate surface area is 135 Å². The molecule has 1 unspecified atom stereocenters. The van der Waals surface area contributed by atoms with Crippen LogP contribution < -0.4 is 10.5 Å². The summed E-state index contributed by atoms with van der Waals surface area (Å²) in [5.41, 5.74) is 8.48. The van der Waals surface area contributed by atoms with Gasteiger partial charge in [-0.2, -0.15) is 0 Å². The van der Waals surface area contributed by atoms with E-state index >= 15 is 0 Å². The Morgan fingerprint density at radius 3 is 3.05 bits per heavy atom. The second kappa shape index (κ2) is 7.12. The normalized spacial score (nSPS) is 22.0. The number of nitrogens with zero attached hydrogens (tertiary/aromatic N) is 1. The van der Waals surface area contributed by atoms with Crippen LogP contribution in [0.25, 0.3) is 0 Å². The highest BCUT2D eigenvalue weighted by atomic mass is 79.9.